The van der Waals surface area contributed by atoms with Gasteiger partial charge in [0.1, 0.15) is 5.54 Å². The van der Waals surface area contributed by atoms with Crippen molar-refractivity contribution < 1.29 is 28.4 Å². The average Bonchev–Trinajstić information content (AvgIpc) is 2.20. The van der Waals surface area contributed by atoms with Crippen molar-refractivity contribution in [3.05, 3.63) is 0 Å². The second-order valence-corrected chi connectivity index (χ2v) is 6.04. The van der Waals surface area contributed by atoms with Crippen molar-refractivity contribution in [3.63, 3.8) is 0 Å². The fourth-order valence-electron chi connectivity index (χ4n) is 1.43. The number of hydrogen-bond donors (Lipinski definition) is 5. The first-order chi connectivity index (χ1) is 8.07. The molecule has 0 saturated heterocycles. The minimum atomic E-state index is -3.76. The summed E-state index contributed by atoms with van der Waals surface area (Å²) in [4.78, 5) is 11.0. The molecule has 0 radical (unpaired) electrons. The second-order valence-electron chi connectivity index (χ2n) is 4.30. The zero-order chi connectivity index (χ0) is 14.4. The average molecular weight is 282 g/mol. The first-order valence-electron chi connectivity index (χ1n) is 5.46. The molecule has 0 rings (SSSR count). The smallest absolute Gasteiger partial charge is 0.451 e. The van der Waals surface area contributed by atoms with Crippen molar-refractivity contribution in [1.82, 2.24) is 0 Å². The zero-order valence-corrected chi connectivity index (χ0v) is 10.8. The van der Waals surface area contributed by atoms with Crippen LogP contribution in [0.5, 0.6) is 0 Å². The van der Waals surface area contributed by atoms with Crippen LogP contribution in [0.1, 0.15) is 25.7 Å². The molecule has 0 aliphatic carbocycles. The molecule has 0 amide bonds. The Balaban J connectivity index is 4.31. The molecule has 0 saturated carbocycles. The second kappa shape index (κ2) is 7.05. The summed E-state index contributed by atoms with van der Waals surface area (Å²) in [5, 5.41) is 31.0. The van der Waals surface area contributed by atoms with Gasteiger partial charge in [-0.3, -0.25) is 4.79 Å². The monoisotopic (exact) mass is 282 g/mol. The van der Waals surface area contributed by atoms with Crippen molar-refractivity contribution >= 4 is 23.1 Å². The lowest BCUT2D eigenvalue weighted by Crippen LogP contribution is -2.49. The van der Waals surface area contributed by atoms with Gasteiger partial charge in [-0.1, -0.05) is 12.8 Å². The van der Waals surface area contributed by atoms with Crippen LogP contribution in [0.25, 0.3) is 0 Å². The summed E-state index contributed by atoms with van der Waals surface area (Å²) >= 11 is 0. The van der Waals surface area contributed by atoms with E-state index < -0.39 is 34.4 Å². The van der Waals surface area contributed by atoms with Gasteiger partial charge in [0.25, 0.3) is 0 Å². The number of carboxylic acids is 1. The summed E-state index contributed by atoms with van der Waals surface area (Å²) in [5.41, 5.74) is 3.96. The van der Waals surface area contributed by atoms with Gasteiger partial charge in [-0.15, -0.1) is 0 Å². The van der Waals surface area contributed by atoms with Gasteiger partial charge in [0.2, 0.25) is 10.0 Å². The number of sulfonamides is 1. The van der Waals surface area contributed by atoms with Crippen molar-refractivity contribution in [1.29, 1.82) is 0 Å². The first-order valence-corrected chi connectivity index (χ1v) is 7.17. The lowest BCUT2D eigenvalue weighted by atomic mass is 9.81. The summed E-state index contributed by atoms with van der Waals surface area (Å²) in [6.45, 7) is 0. The van der Waals surface area contributed by atoms with Crippen LogP contribution in [0.2, 0.25) is 6.32 Å². The Hall–Kier alpha value is -0.675. The van der Waals surface area contributed by atoms with Crippen LogP contribution in [-0.2, 0) is 14.8 Å². The van der Waals surface area contributed by atoms with Gasteiger partial charge < -0.3 is 20.9 Å². The summed E-state index contributed by atoms with van der Waals surface area (Å²) in [7, 11) is -5.20. The Kier molecular flexibility index (Phi) is 6.78. The Morgan fingerprint density at radius 2 is 1.78 bits per heavy atom. The largest absolute Gasteiger partial charge is 0.480 e. The molecule has 10 heteroatoms. The molecule has 0 aliphatic heterocycles. The molecule has 0 heterocycles. The van der Waals surface area contributed by atoms with Gasteiger partial charge in [-0.25, -0.2) is 13.6 Å². The predicted molar refractivity (Wildman–Crippen MR) is 66.0 cm³/mol. The standard InChI is InChI=1S/C8H19BN2O6S/c10-8(7(12)13,4-6-18(11,16)17)3-1-2-5-9(14)15/h14-15H,1-6,10H2,(H,12,13)(H2,11,16,17). The Labute approximate surface area is 106 Å². The number of primary sulfonamides is 1. The van der Waals surface area contributed by atoms with Gasteiger partial charge in [0, 0.05) is 0 Å². The van der Waals surface area contributed by atoms with E-state index in [0.717, 1.165) is 0 Å². The van der Waals surface area contributed by atoms with Gasteiger partial charge in [-0.05, 0) is 19.2 Å². The van der Waals surface area contributed by atoms with Crippen molar-refractivity contribution in [2.24, 2.45) is 10.9 Å². The molecule has 0 aliphatic rings. The third-order valence-corrected chi connectivity index (χ3v) is 3.37. The van der Waals surface area contributed by atoms with Crippen LogP contribution in [0.15, 0.2) is 0 Å². The van der Waals surface area contributed by atoms with E-state index in [1.54, 1.807) is 0 Å². The predicted octanol–water partition coefficient (Wildman–Crippen LogP) is -1.91. The molecule has 0 aromatic carbocycles. The number of carboxylic acid groups (broad SMARTS) is 1. The number of unbranched alkanes of at least 4 members (excludes halogenated alkanes) is 1. The lowest BCUT2D eigenvalue weighted by Gasteiger charge is -2.24. The highest BCUT2D eigenvalue weighted by atomic mass is 32.2. The van der Waals surface area contributed by atoms with E-state index in [9.17, 15) is 13.2 Å². The fraction of sp³-hybridized carbons (Fsp3) is 0.875. The van der Waals surface area contributed by atoms with Crippen LogP contribution < -0.4 is 10.9 Å². The SMILES string of the molecule is NC(CCCCB(O)O)(CCS(N)(=O)=O)C(=O)O. The normalized spacial score (nSPS) is 15.1. The number of aliphatic carboxylic acids is 1. The van der Waals surface area contributed by atoms with Crippen molar-refractivity contribution in [2.75, 3.05) is 5.75 Å². The first kappa shape index (κ1) is 17.3. The maximum absolute atomic E-state index is 11.0. The summed E-state index contributed by atoms with van der Waals surface area (Å²) in [5.74, 6) is -1.80. The molecule has 0 bridgehead atoms. The Morgan fingerprint density at radius 1 is 1.22 bits per heavy atom. The molecule has 18 heavy (non-hydrogen) atoms. The Morgan fingerprint density at radius 3 is 2.17 bits per heavy atom. The van der Waals surface area contributed by atoms with Crippen LogP contribution in [-0.4, -0.2) is 48.0 Å². The van der Waals surface area contributed by atoms with E-state index in [2.05, 4.69) is 0 Å². The summed E-state index contributed by atoms with van der Waals surface area (Å²) in [6.07, 6.45) is 0.628. The van der Waals surface area contributed by atoms with Crippen LogP contribution in [0, 0.1) is 0 Å². The highest BCUT2D eigenvalue weighted by Gasteiger charge is 2.34. The quantitative estimate of drug-likeness (QED) is 0.243. The summed E-state index contributed by atoms with van der Waals surface area (Å²) < 4.78 is 21.6. The van der Waals surface area contributed by atoms with Gasteiger partial charge in [-0.2, -0.15) is 0 Å². The van der Waals surface area contributed by atoms with Crippen LogP contribution in [0.4, 0.5) is 0 Å². The molecule has 1 unspecified atom stereocenters. The van der Waals surface area contributed by atoms with Crippen molar-refractivity contribution in [2.45, 2.75) is 37.5 Å². The maximum atomic E-state index is 11.0. The maximum Gasteiger partial charge on any atom is 0.451 e. The van der Waals surface area contributed by atoms with E-state index in [1.165, 1.54) is 0 Å². The van der Waals surface area contributed by atoms with Gasteiger partial charge in [0.15, 0.2) is 0 Å². The number of carbonyl (C=O) groups is 1. The van der Waals surface area contributed by atoms with Crippen LogP contribution in [0.3, 0.4) is 0 Å². The van der Waals surface area contributed by atoms with E-state index in [-0.39, 0.29) is 19.2 Å². The van der Waals surface area contributed by atoms with E-state index in [4.69, 9.17) is 26.0 Å². The molecule has 0 aromatic heterocycles. The minimum absolute atomic E-state index is 0.0462. The van der Waals surface area contributed by atoms with E-state index in [1.807, 2.05) is 0 Å². The fourth-order valence-corrected chi connectivity index (χ4v) is 2.08. The highest BCUT2D eigenvalue weighted by molar-refractivity contribution is 7.89. The number of nitrogens with two attached hydrogens (primary N) is 2. The topological polar surface area (TPSA) is 164 Å². The highest BCUT2D eigenvalue weighted by Crippen LogP contribution is 2.18. The molecule has 106 valence electrons. The molecule has 7 N–H and O–H groups in total. The molecule has 0 spiro atoms. The third-order valence-electron chi connectivity index (χ3n) is 2.59. The van der Waals surface area contributed by atoms with Gasteiger partial charge in [0.05, 0.1) is 5.75 Å². The van der Waals surface area contributed by atoms with Crippen molar-refractivity contribution in [3.8, 4) is 0 Å². The number of hydrogen-bond acceptors (Lipinski definition) is 6. The van der Waals surface area contributed by atoms with Gasteiger partial charge >= 0.3 is 13.1 Å². The Bertz CT molecular complexity index is 374. The molecule has 1 atom stereocenters. The molecule has 0 aromatic rings. The molecule has 0 fully saturated rings. The van der Waals surface area contributed by atoms with E-state index >= 15 is 0 Å². The third kappa shape index (κ3) is 7.61. The van der Waals surface area contributed by atoms with Crippen LogP contribution >= 0.6 is 0 Å². The number of rotatable bonds is 9. The molecule has 8 nitrogen and oxygen atoms in total. The molecular formula is C8H19BN2O6S. The zero-order valence-electron chi connectivity index (χ0n) is 9.95. The summed E-state index contributed by atoms with van der Waals surface area (Å²) in [6, 6.07) is 0. The lowest BCUT2D eigenvalue weighted by molar-refractivity contribution is -0.143. The minimum Gasteiger partial charge on any atom is -0.480 e. The van der Waals surface area contributed by atoms with E-state index in [0.29, 0.717) is 12.8 Å². The molecular weight excluding hydrogens is 263 g/mol.